The van der Waals surface area contributed by atoms with E-state index in [9.17, 15) is 0 Å². The van der Waals surface area contributed by atoms with Crippen LogP contribution in [-0.2, 0) is 6.54 Å². The summed E-state index contributed by atoms with van der Waals surface area (Å²) in [5.74, 6) is 1.44. The predicted octanol–water partition coefficient (Wildman–Crippen LogP) is 5.28. The van der Waals surface area contributed by atoms with E-state index in [-0.39, 0.29) is 0 Å². The first kappa shape index (κ1) is 16.1. The number of anilines is 1. The normalized spacial score (nSPS) is 10.3. The number of halogens is 3. The Balaban J connectivity index is 2.20. The Morgan fingerprint density at radius 3 is 1.86 bits per heavy atom. The Morgan fingerprint density at radius 2 is 1.38 bits per heavy atom. The van der Waals surface area contributed by atoms with Crippen LogP contribution in [0.15, 0.2) is 30.3 Å². The quantitative estimate of drug-likeness (QED) is 0.799. The third-order valence-corrected chi connectivity index (χ3v) is 3.70. The fourth-order valence-corrected chi connectivity index (χ4v) is 2.82. The second kappa shape index (κ2) is 7.12. The van der Waals surface area contributed by atoms with Crippen LogP contribution >= 0.6 is 34.8 Å². The zero-order valence-electron chi connectivity index (χ0n) is 11.5. The van der Waals surface area contributed by atoms with Gasteiger partial charge in [-0.2, -0.15) is 0 Å². The number of methoxy groups -OCH3 is 2. The average molecular weight is 347 g/mol. The lowest BCUT2D eigenvalue weighted by Crippen LogP contribution is -2.01. The lowest BCUT2D eigenvalue weighted by molar-refractivity contribution is 0.393. The standard InChI is InChI=1S/C15H14Cl3NO2/c1-20-11-3-9(4-12(7-11)21-2)8-19-15-13(17)5-10(16)6-14(15)18/h3-7,19H,8H2,1-2H3. The van der Waals surface area contributed by atoms with Crippen LogP contribution in [0.3, 0.4) is 0 Å². The van der Waals surface area contributed by atoms with E-state index in [1.54, 1.807) is 26.4 Å². The fourth-order valence-electron chi connectivity index (χ4n) is 1.87. The van der Waals surface area contributed by atoms with Crippen LogP contribution in [0.25, 0.3) is 0 Å². The van der Waals surface area contributed by atoms with E-state index >= 15 is 0 Å². The molecule has 21 heavy (non-hydrogen) atoms. The van der Waals surface area contributed by atoms with Crippen molar-refractivity contribution in [3.8, 4) is 11.5 Å². The average Bonchev–Trinajstić information content (AvgIpc) is 2.45. The van der Waals surface area contributed by atoms with Gasteiger partial charge in [-0.15, -0.1) is 0 Å². The smallest absolute Gasteiger partial charge is 0.122 e. The molecule has 0 amide bonds. The molecule has 2 aromatic rings. The van der Waals surface area contributed by atoms with Crippen molar-refractivity contribution in [2.45, 2.75) is 6.54 Å². The largest absolute Gasteiger partial charge is 0.497 e. The molecule has 0 aliphatic heterocycles. The topological polar surface area (TPSA) is 30.5 Å². The lowest BCUT2D eigenvalue weighted by atomic mass is 10.2. The van der Waals surface area contributed by atoms with Crippen LogP contribution in [0.5, 0.6) is 11.5 Å². The molecule has 0 saturated carbocycles. The Labute approximate surface area is 138 Å². The molecule has 2 rings (SSSR count). The molecule has 1 N–H and O–H groups in total. The SMILES string of the molecule is COc1cc(CNc2c(Cl)cc(Cl)cc2Cl)cc(OC)c1. The molecule has 0 atom stereocenters. The van der Waals surface area contributed by atoms with E-state index in [1.807, 2.05) is 18.2 Å². The molecule has 0 aliphatic carbocycles. The van der Waals surface area contributed by atoms with E-state index in [2.05, 4.69) is 5.32 Å². The van der Waals surface area contributed by atoms with Crippen LogP contribution < -0.4 is 14.8 Å². The van der Waals surface area contributed by atoms with Gasteiger partial charge in [-0.3, -0.25) is 0 Å². The number of nitrogens with one attached hydrogen (secondary N) is 1. The molecule has 0 unspecified atom stereocenters. The minimum absolute atomic E-state index is 0.474. The summed E-state index contributed by atoms with van der Waals surface area (Å²) in [6.45, 7) is 0.522. The summed E-state index contributed by atoms with van der Waals surface area (Å²) in [5.41, 5.74) is 1.62. The Hall–Kier alpha value is -1.29. The monoisotopic (exact) mass is 345 g/mol. The van der Waals surface area contributed by atoms with Crippen LogP contribution in [0, 0.1) is 0 Å². The van der Waals surface area contributed by atoms with Crippen LogP contribution in [-0.4, -0.2) is 14.2 Å². The van der Waals surface area contributed by atoms with Crippen molar-refractivity contribution in [2.75, 3.05) is 19.5 Å². The summed E-state index contributed by atoms with van der Waals surface area (Å²) in [4.78, 5) is 0. The highest BCUT2D eigenvalue weighted by atomic mass is 35.5. The van der Waals surface area contributed by atoms with Gasteiger partial charge in [0.1, 0.15) is 11.5 Å². The Bertz CT molecular complexity index is 602. The number of benzene rings is 2. The van der Waals surface area contributed by atoms with Crippen molar-refractivity contribution in [2.24, 2.45) is 0 Å². The molecular formula is C15H14Cl3NO2. The van der Waals surface area contributed by atoms with Gasteiger partial charge >= 0.3 is 0 Å². The van der Waals surface area contributed by atoms with Gasteiger partial charge in [-0.25, -0.2) is 0 Å². The zero-order valence-corrected chi connectivity index (χ0v) is 13.8. The molecule has 3 nitrogen and oxygen atoms in total. The summed E-state index contributed by atoms with van der Waals surface area (Å²) >= 11 is 18.2. The maximum Gasteiger partial charge on any atom is 0.122 e. The third-order valence-electron chi connectivity index (χ3n) is 2.89. The molecule has 112 valence electrons. The van der Waals surface area contributed by atoms with Gasteiger partial charge in [0.25, 0.3) is 0 Å². The van der Waals surface area contributed by atoms with Crippen molar-refractivity contribution < 1.29 is 9.47 Å². The van der Waals surface area contributed by atoms with Crippen LogP contribution in [0.2, 0.25) is 15.1 Å². The fraction of sp³-hybridized carbons (Fsp3) is 0.200. The van der Waals surface area contributed by atoms with Crippen LogP contribution in [0.4, 0.5) is 5.69 Å². The van der Waals surface area contributed by atoms with Crippen molar-refractivity contribution in [1.82, 2.24) is 0 Å². The van der Waals surface area contributed by atoms with Gasteiger partial charge in [0.2, 0.25) is 0 Å². The van der Waals surface area contributed by atoms with Crippen molar-refractivity contribution in [1.29, 1.82) is 0 Å². The maximum absolute atomic E-state index is 6.14. The number of hydrogen-bond acceptors (Lipinski definition) is 3. The van der Waals surface area contributed by atoms with E-state index in [0.29, 0.717) is 27.3 Å². The minimum atomic E-state index is 0.474. The van der Waals surface area contributed by atoms with Crippen molar-refractivity contribution in [3.63, 3.8) is 0 Å². The molecule has 2 aromatic carbocycles. The molecule has 0 spiro atoms. The van der Waals surface area contributed by atoms with E-state index in [1.165, 1.54) is 0 Å². The molecule has 0 aliphatic rings. The zero-order chi connectivity index (χ0) is 15.4. The first-order valence-corrected chi connectivity index (χ1v) is 7.27. The molecule has 0 fully saturated rings. The van der Waals surface area contributed by atoms with Crippen LogP contribution in [0.1, 0.15) is 5.56 Å². The van der Waals surface area contributed by atoms with Crippen molar-refractivity contribution in [3.05, 3.63) is 51.0 Å². The van der Waals surface area contributed by atoms with Gasteiger partial charge in [-0.05, 0) is 29.8 Å². The molecule has 0 saturated heterocycles. The Kier molecular flexibility index (Phi) is 5.45. The highest BCUT2D eigenvalue weighted by Gasteiger charge is 2.08. The Morgan fingerprint density at radius 1 is 0.857 bits per heavy atom. The molecule has 0 aromatic heterocycles. The number of hydrogen-bond donors (Lipinski definition) is 1. The first-order valence-electron chi connectivity index (χ1n) is 6.14. The maximum atomic E-state index is 6.14. The minimum Gasteiger partial charge on any atom is -0.497 e. The highest BCUT2D eigenvalue weighted by Crippen LogP contribution is 2.34. The summed E-state index contributed by atoms with van der Waals surface area (Å²) in [6.07, 6.45) is 0. The number of rotatable bonds is 5. The predicted molar refractivity (Wildman–Crippen MR) is 88.3 cm³/mol. The highest BCUT2D eigenvalue weighted by molar-refractivity contribution is 6.41. The third kappa shape index (κ3) is 4.10. The summed E-state index contributed by atoms with van der Waals surface area (Å²) < 4.78 is 10.5. The summed E-state index contributed by atoms with van der Waals surface area (Å²) in [5, 5.41) is 4.64. The first-order chi connectivity index (χ1) is 10.0. The molecular weight excluding hydrogens is 333 g/mol. The second-order valence-electron chi connectivity index (χ2n) is 4.32. The van der Waals surface area contributed by atoms with Gasteiger partial charge < -0.3 is 14.8 Å². The molecule has 0 heterocycles. The van der Waals surface area contributed by atoms with Gasteiger partial charge in [0, 0.05) is 17.6 Å². The van der Waals surface area contributed by atoms with E-state index in [0.717, 1.165) is 17.1 Å². The van der Waals surface area contributed by atoms with Gasteiger partial charge in [0.15, 0.2) is 0 Å². The molecule has 0 radical (unpaired) electrons. The van der Waals surface area contributed by atoms with Gasteiger partial charge in [-0.1, -0.05) is 34.8 Å². The van der Waals surface area contributed by atoms with E-state index < -0.39 is 0 Å². The summed E-state index contributed by atoms with van der Waals surface area (Å²) in [6, 6.07) is 8.92. The lowest BCUT2D eigenvalue weighted by Gasteiger charge is -2.13. The van der Waals surface area contributed by atoms with E-state index in [4.69, 9.17) is 44.3 Å². The molecule has 6 heteroatoms. The molecule has 0 bridgehead atoms. The summed E-state index contributed by atoms with van der Waals surface area (Å²) in [7, 11) is 3.22. The number of ether oxygens (including phenoxy) is 2. The van der Waals surface area contributed by atoms with Crippen molar-refractivity contribution >= 4 is 40.5 Å². The van der Waals surface area contributed by atoms with Gasteiger partial charge in [0.05, 0.1) is 30.0 Å². The second-order valence-corrected chi connectivity index (χ2v) is 5.57.